The molecule has 2 aromatic rings. The maximum atomic E-state index is 13.1. The average Bonchev–Trinajstić information content (AvgIpc) is 2.62. The largest absolute Gasteiger partial charge is 0.481 e. The summed E-state index contributed by atoms with van der Waals surface area (Å²) in [5.41, 5.74) is 0.467. The van der Waals surface area contributed by atoms with Gasteiger partial charge in [-0.25, -0.2) is 9.37 Å². The molecular formula is C17H16FN3O4. The van der Waals surface area contributed by atoms with Gasteiger partial charge in [0.1, 0.15) is 11.6 Å². The van der Waals surface area contributed by atoms with E-state index >= 15 is 0 Å². The molecule has 0 atom stereocenters. The molecule has 25 heavy (non-hydrogen) atoms. The molecule has 0 aliphatic carbocycles. The van der Waals surface area contributed by atoms with E-state index in [0.717, 1.165) is 0 Å². The Morgan fingerprint density at radius 2 is 1.84 bits per heavy atom. The van der Waals surface area contributed by atoms with E-state index in [0.29, 0.717) is 37.3 Å². The number of benzene rings is 1. The number of nitro groups is 1. The van der Waals surface area contributed by atoms with Gasteiger partial charge >= 0.3 is 5.97 Å². The monoisotopic (exact) mass is 345 g/mol. The molecule has 0 spiro atoms. The summed E-state index contributed by atoms with van der Waals surface area (Å²) >= 11 is 0. The van der Waals surface area contributed by atoms with Gasteiger partial charge in [0, 0.05) is 24.7 Å². The smallest absolute Gasteiger partial charge is 0.306 e. The highest BCUT2D eigenvalue weighted by atomic mass is 19.1. The Morgan fingerprint density at radius 1 is 1.20 bits per heavy atom. The summed E-state index contributed by atoms with van der Waals surface area (Å²) in [4.78, 5) is 28.1. The second kappa shape index (κ2) is 6.84. The number of aliphatic carboxylic acids is 1. The van der Waals surface area contributed by atoms with Crippen LogP contribution in [0.25, 0.3) is 11.3 Å². The van der Waals surface area contributed by atoms with Crippen molar-refractivity contribution in [1.82, 2.24) is 4.98 Å². The first kappa shape index (κ1) is 16.8. The Labute approximate surface area is 142 Å². The number of carboxylic acids is 1. The van der Waals surface area contributed by atoms with Crippen LogP contribution < -0.4 is 4.90 Å². The first-order chi connectivity index (χ1) is 12.0. The predicted molar refractivity (Wildman–Crippen MR) is 88.9 cm³/mol. The Balaban J connectivity index is 1.92. The molecule has 0 unspecified atom stereocenters. The number of carboxylic acid groups (broad SMARTS) is 1. The SMILES string of the molecule is O=C(O)C1CCN(c2ccc([N+](=O)[O-])c(-c3ccc(F)cc3)n2)CC1. The number of hydrogen-bond acceptors (Lipinski definition) is 5. The molecule has 7 nitrogen and oxygen atoms in total. The lowest BCUT2D eigenvalue weighted by molar-refractivity contribution is -0.384. The fourth-order valence-corrected chi connectivity index (χ4v) is 2.94. The van der Waals surface area contributed by atoms with Gasteiger partial charge in [-0.3, -0.25) is 14.9 Å². The number of aromatic nitrogens is 1. The maximum absolute atomic E-state index is 13.1. The number of rotatable bonds is 4. The molecule has 1 aliphatic rings. The van der Waals surface area contributed by atoms with Crippen LogP contribution in [0.2, 0.25) is 0 Å². The van der Waals surface area contributed by atoms with Crippen LogP contribution >= 0.6 is 0 Å². The number of nitrogens with zero attached hydrogens (tertiary/aromatic N) is 3. The highest BCUT2D eigenvalue weighted by molar-refractivity contribution is 5.72. The minimum absolute atomic E-state index is 0.157. The molecule has 2 heterocycles. The Bertz CT molecular complexity index is 802. The second-order valence-corrected chi connectivity index (χ2v) is 5.90. The normalized spacial score (nSPS) is 15.2. The molecule has 1 aromatic heterocycles. The first-order valence-electron chi connectivity index (χ1n) is 7.85. The highest BCUT2D eigenvalue weighted by Gasteiger charge is 2.26. The topological polar surface area (TPSA) is 96.6 Å². The van der Waals surface area contributed by atoms with Crippen molar-refractivity contribution >= 4 is 17.5 Å². The van der Waals surface area contributed by atoms with Gasteiger partial charge in [-0.05, 0) is 43.2 Å². The Kier molecular flexibility index (Phi) is 4.60. The van der Waals surface area contributed by atoms with Gasteiger partial charge in [0.05, 0.1) is 10.8 Å². The van der Waals surface area contributed by atoms with Crippen molar-refractivity contribution in [2.75, 3.05) is 18.0 Å². The van der Waals surface area contributed by atoms with Crippen LogP contribution in [0.15, 0.2) is 36.4 Å². The van der Waals surface area contributed by atoms with Crippen LogP contribution in [0, 0.1) is 21.8 Å². The molecule has 130 valence electrons. The van der Waals surface area contributed by atoms with E-state index in [-0.39, 0.29) is 17.3 Å². The van der Waals surface area contributed by atoms with E-state index in [1.54, 1.807) is 6.07 Å². The third-order valence-electron chi connectivity index (χ3n) is 4.34. The fraction of sp³-hybridized carbons (Fsp3) is 0.294. The minimum atomic E-state index is -0.802. The lowest BCUT2D eigenvalue weighted by Gasteiger charge is -2.31. The number of hydrogen-bond donors (Lipinski definition) is 1. The minimum Gasteiger partial charge on any atom is -0.481 e. The molecule has 8 heteroatoms. The molecule has 1 N–H and O–H groups in total. The molecule has 1 aromatic carbocycles. The van der Waals surface area contributed by atoms with E-state index in [2.05, 4.69) is 4.98 Å². The molecule has 1 saturated heterocycles. The Morgan fingerprint density at radius 3 is 2.40 bits per heavy atom. The summed E-state index contributed by atoms with van der Waals surface area (Å²) in [6.45, 7) is 1.04. The van der Waals surface area contributed by atoms with Gasteiger partial charge in [0.15, 0.2) is 5.69 Å². The summed E-state index contributed by atoms with van der Waals surface area (Å²) in [7, 11) is 0. The van der Waals surface area contributed by atoms with Crippen molar-refractivity contribution in [3.05, 3.63) is 52.3 Å². The van der Waals surface area contributed by atoms with Crippen molar-refractivity contribution in [2.45, 2.75) is 12.8 Å². The first-order valence-corrected chi connectivity index (χ1v) is 7.85. The number of anilines is 1. The van der Waals surface area contributed by atoms with E-state index < -0.39 is 16.7 Å². The number of piperidine rings is 1. The standard InChI is InChI=1S/C17H16FN3O4/c18-13-3-1-11(2-4-13)16-14(21(24)25)5-6-15(19-16)20-9-7-12(8-10-20)17(22)23/h1-6,12H,7-10H2,(H,22,23). The van der Waals surface area contributed by atoms with Crippen molar-refractivity contribution in [1.29, 1.82) is 0 Å². The van der Waals surface area contributed by atoms with Gasteiger partial charge in [0.25, 0.3) is 5.69 Å². The summed E-state index contributed by atoms with van der Waals surface area (Å²) in [5.74, 6) is -1.05. The van der Waals surface area contributed by atoms with Gasteiger partial charge in [-0.2, -0.15) is 0 Å². The van der Waals surface area contributed by atoms with Gasteiger partial charge in [0.2, 0.25) is 0 Å². The fourth-order valence-electron chi connectivity index (χ4n) is 2.94. The van der Waals surface area contributed by atoms with Crippen molar-refractivity contribution < 1.29 is 19.2 Å². The van der Waals surface area contributed by atoms with E-state index in [4.69, 9.17) is 5.11 Å². The number of pyridine rings is 1. The summed E-state index contributed by atoms with van der Waals surface area (Å²) in [6, 6.07) is 8.30. The van der Waals surface area contributed by atoms with Crippen LogP contribution in [0.5, 0.6) is 0 Å². The van der Waals surface area contributed by atoms with Crippen molar-refractivity contribution in [3.63, 3.8) is 0 Å². The lowest BCUT2D eigenvalue weighted by Crippen LogP contribution is -2.36. The molecule has 0 saturated carbocycles. The third kappa shape index (κ3) is 3.57. The average molecular weight is 345 g/mol. The molecule has 0 radical (unpaired) electrons. The van der Waals surface area contributed by atoms with Gasteiger partial charge in [-0.1, -0.05) is 0 Å². The summed E-state index contributed by atoms with van der Waals surface area (Å²) in [6.07, 6.45) is 1.000. The van der Waals surface area contributed by atoms with E-state index in [1.165, 1.54) is 30.3 Å². The van der Waals surface area contributed by atoms with Crippen LogP contribution in [0.1, 0.15) is 12.8 Å². The van der Waals surface area contributed by atoms with Gasteiger partial charge < -0.3 is 10.0 Å². The zero-order valence-electron chi connectivity index (χ0n) is 13.3. The highest BCUT2D eigenvalue weighted by Crippen LogP contribution is 2.31. The molecule has 0 bridgehead atoms. The van der Waals surface area contributed by atoms with Crippen LogP contribution in [0.4, 0.5) is 15.9 Å². The molecule has 1 fully saturated rings. The van der Waals surface area contributed by atoms with Crippen LogP contribution in [0.3, 0.4) is 0 Å². The van der Waals surface area contributed by atoms with Gasteiger partial charge in [-0.15, -0.1) is 0 Å². The number of halogens is 1. The predicted octanol–water partition coefficient (Wildman–Crippen LogP) is 3.10. The zero-order valence-corrected chi connectivity index (χ0v) is 13.3. The molecular weight excluding hydrogens is 329 g/mol. The lowest BCUT2D eigenvalue weighted by atomic mass is 9.97. The Hall–Kier alpha value is -3.03. The zero-order chi connectivity index (χ0) is 18.0. The number of carbonyl (C=O) groups is 1. The van der Waals surface area contributed by atoms with E-state index in [1.807, 2.05) is 4.90 Å². The van der Waals surface area contributed by atoms with Crippen molar-refractivity contribution in [2.24, 2.45) is 5.92 Å². The summed E-state index contributed by atoms with van der Waals surface area (Å²) < 4.78 is 13.1. The van der Waals surface area contributed by atoms with Crippen LogP contribution in [-0.2, 0) is 4.79 Å². The van der Waals surface area contributed by atoms with E-state index in [9.17, 15) is 19.3 Å². The quantitative estimate of drug-likeness (QED) is 0.675. The maximum Gasteiger partial charge on any atom is 0.306 e. The third-order valence-corrected chi connectivity index (χ3v) is 4.34. The molecule has 1 aliphatic heterocycles. The second-order valence-electron chi connectivity index (χ2n) is 5.90. The molecule has 0 amide bonds. The molecule has 3 rings (SSSR count). The van der Waals surface area contributed by atoms with Crippen molar-refractivity contribution in [3.8, 4) is 11.3 Å². The van der Waals surface area contributed by atoms with Crippen LogP contribution in [-0.4, -0.2) is 34.1 Å². The summed E-state index contributed by atoms with van der Waals surface area (Å²) in [5, 5.41) is 20.3.